The van der Waals surface area contributed by atoms with E-state index in [0.717, 1.165) is 31.8 Å². The first kappa shape index (κ1) is 19.4. The Bertz CT molecular complexity index is 354. The quantitative estimate of drug-likeness (QED) is 0.298. The Morgan fingerprint density at radius 3 is 2.52 bits per heavy atom. The monoisotopic (exact) mass is 298 g/mol. The van der Waals surface area contributed by atoms with Crippen LogP contribution >= 0.6 is 0 Å². The van der Waals surface area contributed by atoms with Crippen LogP contribution in [0.5, 0.6) is 0 Å². The number of aliphatic imine (C=N–C) groups is 1. The summed E-state index contributed by atoms with van der Waals surface area (Å²) in [7, 11) is 5.39. The van der Waals surface area contributed by atoms with Gasteiger partial charge in [0, 0.05) is 47.4 Å². The molecule has 6 nitrogen and oxygen atoms in total. The summed E-state index contributed by atoms with van der Waals surface area (Å²) in [6.45, 7) is 10.9. The number of hydrogen-bond acceptors (Lipinski definition) is 3. The molecule has 0 aromatic rings. The number of carbonyl (C=O) groups is 1. The predicted molar refractivity (Wildman–Crippen MR) is 87.6 cm³/mol. The molecule has 0 saturated heterocycles. The zero-order valence-corrected chi connectivity index (χ0v) is 14.1. The van der Waals surface area contributed by atoms with Gasteiger partial charge < -0.3 is 19.9 Å². The molecule has 6 heteroatoms. The summed E-state index contributed by atoms with van der Waals surface area (Å²) in [5, 5.41) is 3.26. The van der Waals surface area contributed by atoms with Crippen molar-refractivity contribution >= 4 is 11.9 Å². The van der Waals surface area contributed by atoms with Gasteiger partial charge in [-0.25, -0.2) is 4.99 Å². The van der Waals surface area contributed by atoms with Gasteiger partial charge in [-0.2, -0.15) is 0 Å². The molecule has 0 bridgehead atoms. The summed E-state index contributed by atoms with van der Waals surface area (Å²) in [6.07, 6.45) is 0.898. The van der Waals surface area contributed by atoms with E-state index in [-0.39, 0.29) is 12.5 Å². The lowest BCUT2D eigenvalue weighted by Crippen LogP contribution is -2.41. The standard InChI is InChI=1S/C15H30N4O2/c1-7-21-10-8-9-16-15(19(6)12-13(2)3)17-11-14(20)18(4)5/h2,7-12H2,1,3-6H3,(H,16,17). The molecule has 0 rings (SSSR count). The van der Waals surface area contributed by atoms with Crippen LogP contribution in [0.1, 0.15) is 20.3 Å². The molecule has 0 atom stereocenters. The first-order valence-corrected chi connectivity index (χ1v) is 7.30. The number of carbonyl (C=O) groups excluding carboxylic acids is 1. The lowest BCUT2D eigenvalue weighted by atomic mass is 10.3. The second-order valence-electron chi connectivity index (χ2n) is 5.22. The van der Waals surface area contributed by atoms with E-state index in [9.17, 15) is 4.79 Å². The molecule has 0 fully saturated rings. The van der Waals surface area contributed by atoms with Crippen molar-refractivity contribution in [3.63, 3.8) is 0 Å². The van der Waals surface area contributed by atoms with Crippen molar-refractivity contribution in [2.45, 2.75) is 20.3 Å². The number of guanidine groups is 1. The molecule has 0 aromatic heterocycles. The Hall–Kier alpha value is -1.56. The Morgan fingerprint density at radius 1 is 1.33 bits per heavy atom. The molecule has 0 radical (unpaired) electrons. The summed E-state index contributed by atoms with van der Waals surface area (Å²) < 4.78 is 5.30. The molecule has 0 aliphatic rings. The molecule has 21 heavy (non-hydrogen) atoms. The summed E-state index contributed by atoms with van der Waals surface area (Å²) in [6, 6.07) is 0. The van der Waals surface area contributed by atoms with E-state index in [1.807, 2.05) is 25.8 Å². The average Bonchev–Trinajstić information content (AvgIpc) is 2.40. The van der Waals surface area contributed by atoms with Crippen LogP contribution in [0.3, 0.4) is 0 Å². The van der Waals surface area contributed by atoms with Gasteiger partial charge >= 0.3 is 0 Å². The van der Waals surface area contributed by atoms with Crippen molar-refractivity contribution in [2.24, 2.45) is 4.99 Å². The van der Waals surface area contributed by atoms with Crippen LogP contribution in [-0.4, -0.2) is 75.7 Å². The molecule has 0 aliphatic carbocycles. The van der Waals surface area contributed by atoms with Crippen molar-refractivity contribution in [1.29, 1.82) is 0 Å². The van der Waals surface area contributed by atoms with Gasteiger partial charge in [-0.1, -0.05) is 12.2 Å². The van der Waals surface area contributed by atoms with Crippen LogP contribution in [0, 0.1) is 0 Å². The number of nitrogens with zero attached hydrogens (tertiary/aromatic N) is 3. The van der Waals surface area contributed by atoms with Gasteiger partial charge in [0.25, 0.3) is 0 Å². The highest BCUT2D eigenvalue weighted by Gasteiger charge is 2.08. The largest absolute Gasteiger partial charge is 0.382 e. The zero-order valence-electron chi connectivity index (χ0n) is 14.1. The molecule has 0 heterocycles. The van der Waals surface area contributed by atoms with Gasteiger partial charge in [-0.15, -0.1) is 0 Å². The third-order valence-electron chi connectivity index (χ3n) is 2.68. The fourth-order valence-corrected chi connectivity index (χ4v) is 1.59. The molecule has 0 aliphatic heterocycles. The minimum Gasteiger partial charge on any atom is -0.382 e. The highest BCUT2D eigenvalue weighted by molar-refractivity contribution is 5.84. The van der Waals surface area contributed by atoms with Crippen molar-refractivity contribution in [3.05, 3.63) is 12.2 Å². The van der Waals surface area contributed by atoms with Gasteiger partial charge in [0.2, 0.25) is 5.91 Å². The number of likely N-dealkylation sites (N-methyl/N-ethyl adjacent to an activating group) is 2. The Morgan fingerprint density at radius 2 is 2.00 bits per heavy atom. The smallest absolute Gasteiger partial charge is 0.243 e. The molecular weight excluding hydrogens is 268 g/mol. The van der Waals surface area contributed by atoms with Gasteiger partial charge in [0.05, 0.1) is 0 Å². The zero-order chi connectivity index (χ0) is 16.3. The maximum absolute atomic E-state index is 11.6. The third kappa shape index (κ3) is 9.90. The topological polar surface area (TPSA) is 57.2 Å². The lowest BCUT2D eigenvalue weighted by molar-refractivity contribution is -0.127. The second-order valence-corrected chi connectivity index (χ2v) is 5.22. The van der Waals surface area contributed by atoms with Crippen LogP contribution in [-0.2, 0) is 9.53 Å². The van der Waals surface area contributed by atoms with E-state index in [1.54, 1.807) is 14.1 Å². The third-order valence-corrected chi connectivity index (χ3v) is 2.68. The lowest BCUT2D eigenvalue weighted by Gasteiger charge is -2.23. The summed E-state index contributed by atoms with van der Waals surface area (Å²) >= 11 is 0. The highest BCUT2D eigenvalue weighted by atomic mass is 16.5. The Labute approximate surface area is 128 Å². The number of hydrogen-bond donors (Lipinski definition) is 1. The number of nitrogens with one attached hydrogen (secondary N) is 1. The first-order chi connectivity index (χ1) is 9.88. The van der Waals surface area contributed by atoms with Gasteiger partial charge in [-0.05, 0) is 20.3 Å². The molecule has 1 N–H and O–H groups in total. The fourth-order valence-electron chi connectivity index (χ4n) is 1.59. The van der Waals surface area contributed by atoms with Crippen molar-refractivity contribution in [2.75, 3.05) is 54.0 Å². The number of amides is 1. The molecule has 1 amide bonds. The highest BCUT2D eigenvalue weighted by Crippen LogP contribution is 1.95. The molecule has 0 saturated carbocycles. The molecule has 0 aromatic carbocycles. The molecular formula is C15H30N4O2. The van der Waals surface area contributed by atoms with Crippen LogP contribution in [0.4, 0.5) is 0 Å². The van der Waals surface area contributed by atoms with E-state index >= 15 is 0 Å². The van der Waals surface area contributed by atoms with Crippen LogP contribution in [0.2, 0.25) is 0 Å². The van der Waals surface area contributed by atoms with E-state index in [1.165, 1.54) is 4.90 Å². The predicted octanol–water partition coefficient (Wildman–Crippen LogP) is 0.955. The number of rotatable bonds is 9. The summed E-state index contributed by atoms with van der Waals surface area (Å²) in [5.41, 5.74) is 1.04. The van der Waals surface area contributed by atoms with E-state index in [0.29, 0.717) is 12.5 Å². The van der Waals surface area contributed by atoms with Gasteiger partial charge in [0.1, 0.15) is 6.54 Å². The SMILES string of the molecule is C=C(C)CN(C)C(=NCC(=O)N(C)C)NCCCOCC. The second kappa shape index (κ2) is 11.1. The maximum Gasteiger partial charge on any atom is 0.243 e. The number of ether oxygens (including phenoxy) is 1. The van der Waals surface area contributed by atoms with E-state index in [2.05, 4.69) is 16.9 Å². The summed E-state index contributed by atoms with van der Waals surface area (Å²) in [5.74, 6) is 0.692. The molecule has 0 unspecified atom stereocenters. The normalized spacial score (nSPS) is 11.2. The first-order valence-electron chi connectivity index (χ1n) is 7.30. The molecule has 0 spiro atoms. The molecule has 122 valence electrons. The van der Waals surface area contributed by atoms with Crippen molar-refractivity contribution in [3.8, 4) is 0 Å². The Balaban J connectivity index is 4.49. The van der Waals surface area contributed by atoms with Gasteiger partial charge in [0.15, 0.2) is 5.96 Å². The fraction of sp³-hybridized carbons (Fsp3) is 0.733. The van der Waals surface area contributed by atoms with Crippen LogP contribution in [0.25, 0.3) is 0 Å². The Kier molecular flexibility index (Phi) is 10.3. The average molecular weight is 298 g/mol. The van der Waals surface area contributed by atoms with Crippen molar-refractivity contribution in [1.82, 2.24) is 15.1 Å². The van der Waals surface area contributed by atoms with E-state index in [4.69, 9.17) is 4.74 Å². The van der Waals surface area contributed by atoms with Crippen LogP contribution in [0.15, 0.2) is 17.1 Å². The summed E-state index contributed by atoms with van der Waals surface area (Å²) in [4.78, 5) is 19.5. The van der Waals surface area contributed by atoms with Gasteiger partial charge in [-0.3, -0.25) is 4.79 Å². The minimum absolute atomic E-state index is 0.0210. The van der Waals surface area contributed by atoms with Crippen LogP contribution < -0.4 is 5.32 Å². The maximum atomic E-state index is 11.6. The van der Waals surface area contributed by atoms with Crippen molar-refractivity contribution < 1.29 is 9.53 Å². The minimum atomic E-state index is -0.0210. The van der Waals surface area contributed by atoms with E-state index < -0.39 is 0 Å².